The van der Waals surface area contributed by atoms with Crippen molar-refractivity contribution in [3.63, 3.8) is 0 Å². The zero-order chi connectivity index (χ0) is 30.7. The van der Waals surface area contributed by atoms with Gasteiger partial charge in [-0.1, -0.05) is 40.0 Å². The van der Waals surface area contributed by atoms with E-state index in [1.165, 1.54) is 0 Å². The molecule has 1 saturated carbocycles. The molecule has 0 unspecified atom stereocenters. The maximum absolute atomic E-state index is 14.2. The number of carbonyl (C=O) groups is 3. The number of hydrogen-bond donors (Lipinski definition) is 0. The molecule has 2 bridgehead atoms. The molecule has 10 heteroatoms. The van der Waals surface area contributed by atoms with Gasteiger partial charge in [-0.05, 0) is 49.1 Å². The van der Waals surface area contributed by atoms with Gasteiger partial charge in [0, 0.05) is 19.1 Å². The van der Waals surface area contributed by atoms with E-state index in [9.17, 15) is 14.4 Å². The molecule has 1 aromatic heterocycles. The highest BCUT2D eigenvalue weighted by molar-refractivity contribution is 5.87. The summed E-state index contributed by atoms with van der Waals surface area (Å²) in [4.78, 5) is 51.1. The lowest BCUT2D eigenvalue weighted by Gasteiger charge is -2.34. The minimum atomic E-state index is -0.770. The lowest BCUT2D eigenvalue weighted by Crippen LogP contribution is -2.46. The van der Waals surface area contributed by atoms with Crippen molar-refractivity contribution in [3.8, 4) is 11.6 Å². The normalized spacial score (nSPS) is 28.9. The Labute approximate surface area is 253 Å². The van der Waals surface area contributed by atoms with Crippen molar-refractivity contribution in [3.05, 3.63) is 23.9 Å². The van der Waals surface area contributed by atoms with Crippen LogP contribution in [0, 0.1) is 23.2 Å². The Balaban J connectivity index is 1.51. The number of aromatic nitrogens is 2. The van der Waals surface area contributed by atoms with E-state index in [0.717, 1.165) is 56.0 Å². The Morgan fingerprint density at radius 3 is 2.53 bits per heavy atom. The van der Waals surface area contributed by atoms with E-state index in [4.69, 9.17) is 28.9 Å². The molecule has 1 aliphatic carbocycles. The summed E-state index contributed by atoms with van der Waals surface area (Å²) in [6, 6.07) is 4.81. The van der Waals surface area contributed by atoms with Gasteiger partial charge in [0.25, 0.3) is 0 Å². The average Bonchev–Trinajstić information content (AvgIpc) is 3.61. The molecule has 3 aliphatic rings. The Morgan fingerprint density at radius 2 is 1.81 bits per heavy atom. The van der Waals surface area contributed by atoms with Crippen molar-refractivity contribution < 1.29 is 33.3 Å². The van der Waals surface area contributed by atoms with Crippen molar-refractivity contribution in [2.24, 2.45) is 23.2 Å². The van der Waals surface area contributed by atoms with Crippen LogP contribution in [-0.4, -0.2) is 78.7 Å². The maximum Gasteiger partial charge on any atom is 0.306 e. The van der Waals surface area contributed by atoms with Crippen LogP contribution in [0.15, 0.2) is 18.2 Å². The molecule has 234 valence electrons. The van der Waals surface area contributed by atoms with Gasteiger partial charge in [0.05, 0.1) is 49.7 Å². The number of carbonyl (C=O) groups excluding carboxylic acids is 3. The van der Waals surface area contributed by atoms with Gasteiger partial charge in [-0.2, -0.15) is 0 Å². The molecule has 43 heavy (non-hydrogen) atoms. The number of aldehydes is 1. The fourth-order valence-corrected chi connectivity index (χ4v) is 6.49. The third-order valence-electron chi connectivity index (χ3n) is 9.20. The van der Waals surface area contributed by atoms with E-state index < -0.39 is 29.4 Å². The molecule has 2 aromatic rings. The lowest BCUT2D eigenvalue weighted by atomic mass is 9.77. The molecule has 5 rings (SSSR count). The number of esters is 1. The molecule has 0 radical (unpaired) electrons. The van der Waals surface area contributed by atoms with Crippen LogP contribution < -0.4 is 9.47 Å². The fraction of sp³-hybridized carbons (Fsp3) is 0.667. The largest absolute Gasteiger partial charge is 0.497 e. The fourth-order valence-electron chi connectivity index (χ4n) is 6.49. The second kappa shape index (κ2) is 13.2. The van der Waals surface area contributed by atoms with Crippen LogP contribution in [0.5, 0.6) is 11.6 Å². The van der Waals surface area contributed by atoms with Crippen molar-refractivity contribution in [1.29, 1.82) is 0 Å². The monoisotopic (exact) mass is 595 g/mol. The zero-order valence-corrected chi connectivity index (χ0v) is 26.0. The molecule has 1 amide bonds. The average molecular weight is 596 g/mol. The molecule has 10 nitrogen and oxygen atoms in total. The van der Waals surface area contributed by atoms with E-state index in [1.54, 1.807) is 19.1 Å². The predicted molar refractivity (Wildman–Crippen MR) is 160 cm³/mol. The highest BCUT2D eigenvalue weighted by atomic mass is 16.5. The minimum Gasteiger partial charge on any atom is -0.497 e. The van der Waals surface area contributed by atoms with E-state index in [2.05, 4.69) is 0 Å². The second-order valence-electron chi connectivity index (χ2n) is 13.3. The summed E-state index contributed by atoms with van der Waals surface area (Å²) in [5, 5.41) is 0. The first-order valence-corrected chi connectivity index (χ1v) is 15.6. The van der Waals surface area contributed by atoms with Crippen LogP contribution in [-0.2, 0) is 30.3 Å². The van der Waals surface area contributed by atoms with E-state index >= 15 is 0 Å². The number of hydrogen-bond acceptors (Lipinski definition) is 9. The van der Waals surface area contributed by atoms with Crippen molar-refractivity contribution in [2.75, 3.05) is 27.4 Å². The Bertz CT molecular complexity index is 1330. The topological polar surface area (TPSA) is 117 Å². The minimum absolute atomic E-state index is 0.0315. The summed E-state index contributed by atoms with van der Waals surface area (Å²) in [7, 11) is 3.18. The maximum atomic E-state index is 14.2. The first-order valence-electron chi connectivity index (χ1n) is 15.6. The quantitative estimate of drug-likeness (QED) is 0.371. The van der Waals surface area contributed by atoms with Crippen molar-refractivity contribution in [2.45, 2.75) is 90.4 Å². The molecule has 0 spiro atoms. The van der Waals surface area contributed by atoms with Crippen LogP contribution in [0.4, 0.5) is 0 Å². The standard InChI is InChI=1S/C33H45N3O7/c1-33(2,3)23-16-30(38)42-28-14-20(28)10-8-6-7-9-11-25-31(35-26-15-21(41-5)12-13-24(26)34-25)43-29-17-36(32(23)39)27(18-37)22(29)19-40-4/h12-13,15,18,20,22-23,27-29H,6-11,14,16-17,19H2,1-5H3/t20-,22+,23-,27-,28-,29+/m1/s1. The number of aryl methyl sites for hydroxylation is 1. The number of rotatable bonds is 4. The predicted octanol–water partition coefficient (Wildman–Crippen LogP) is 4.55. The third-order valence-corrected chi connectivity index (χ3v) is 9.20. The molecule has 1 saturated heterocycles. The molecule has 3 heterocycles. The Morgan fingerprint density at radius 1 is 1.02 bits per heavy atom. The van der Waals surface area contributed by atoms with Crippen LogP contribution in [0.1, 0.15) is 71.4 Å². The van der Waals surface area contributed by atoms with Crippen molar-refractivity contribution in [1.82, 2.24) is 14.9 Å². The van der Waals surface area contributed by atoms with Crippen LogP contribution in [0.3, 0.4) is 0 Å². The summed E-state index contributed by atoms with van der Waals surface area (Å²) < 4.78 is 23.3. The molecule has 2 fully saturated rings. The molecule has 2 aliphatic heterocycles. The van der Waals surface area contributed by atoms with Crippen LogP contribution >= 0.6 is 0 Å². The first-order chi connectivity index (χ1) is 20.6. The number of methoxy groups -OCH3 is 2. The first kappa shape index (κ1) is 31.2. The van der Waals surface area contributed by atoms with E-state index in [0.29, 0.717) is 29.5 Å². The molecule has 6 atom stereocenters. The smallest absolute Gasteiger partial charge is 0.306 e. The highest BCUT2D eigenvalue weighted by Gasteiger charge is 2.49. The number of amides is 1. The highest BCUT2D eigenvalue weighted by Crippen LogP contribution is 2.40. The van der Waals surface area contributed by atoms with Gasteiger partial charge in [0.2, 0.25) is 11.8 Å². The van der Waals surface area contributed by atoms with Gasteiger partial charge < -0.3 is 28.6 Å². The summed E-state index contributed by atoms with van der Waals surface area (Å²) in [6.45, 7) is 6.20. The Kier molecular flexibility index (Phi) is 9.54. The van der Waals surface area contributed by atoms with Gasteiger partial charge in [0.1, 0.15) is 29.9 Å². The van der Waals surface area contributed by atoms with E-state index in [-0.39, 0.29) is 37.6 Å². The summed E-state index contributed by atoms with van der Waals surface area (Å²) in [5.41, 5.74) is 1.62. The molecule has 0 N–H and O–H groups in total. The SMILES string of the molecule is COC[C@@H]1[C@@H]2CN(C(=O)[C@H](C(C)(C)C)CC(=O)O[C@@H]3C[C@H]3CCCCCCc3nc4ccc(OC)cc4nc3O2)[C@@H]1C=O. The zero-order valence-electron chi connectivity index (χ0n) is 26.0. The van der Waals surface area contributed by atoms with Crippen molar-refractivity contribution >= 4 is 29.2 Å². The Hall–Kier alpha value is -3.27. The molecular formula is C33H45N3O7. The van der Waals surface area contributed by atoms with Crippen LogP contribution in [0.25, 0.3) is 11.0 Å². The van der Waals surface area contributed by atoms with Gasteiger partial charge in [-0.3, -0.25) is 9.59 Å². The number of nitrogens with zero attached hydrogens (tertiary/aromatic N) is 3. The number of fused-ring (bicyclic) bond motifs is 5. The van der Waals surface area contributed by atoms with E-state index in [1.807, 2.05) is 39.0 Å². The molecule has 1 aromatic carbocycles. The van der Waals surface area contributed by atoms with Gasteiger partial charge >= 0.3 is 5.97 Å². The van der Waals surface area contributed by atoms with Crippen LogP contribution in [0.2, 0.25) is 0 Å². The number of ether oxygens (including phenoxy) is 4. The lowest BCUT2D eigenvalue weighted by molar-refractivity contribution is -0.154. The summed E-state index contributed by atoms with van der Waals surface area (Å²) in [5.74, 6) is -0.229. The third kappa shape index (κ3) is 7.11. The van der Waals surface area contributed by atoms with Gasteiger partial charge in [-0.25, -0.2) is 9.97 Å². The van der Waals surface area contributed by atoms with Gasteiger partial charge in [-0.15, -0.1) is 0 Å². The second-order valence-corrected chi connectivity index (χ2v) is 13.3. The summed E-state index contributed by atoms with van der Waals surface area (Å²) in [6.07, 6.45) is 6.89. The molecular weight excluding hydrogens is 550 g/mol. The number of benzene rings is 1. The summed E-state index contributed by atoms with van der Waals surface area (Å²) >= 11 is 0. The van der Waals surface area contributed by atoms with Gasteiger partial charge in [0.15, 0.2) is 0 Å².